The number of aliphatic imine (C=N–C) groups is 1. The molecule has 6 nitrogen and oxygen atoms in total. The van der Waals surface area contributed by atoms with E-state index in [1.54, 1.807) is 19.0 Å². The van der Waals surface area contributed by atoms with Gasteiger partial charge in [-0.3, -0.25) is 4.79 Å². The topological polar surface area (TPSA) is 57.2 Å². The predicted molar refractivity (Wildman–Crippen MR) is 101 cm³/mol. The first kappa shape index (κ1) is 19.5. The number of ether oxygens (including phenoxy) is 1. The highest BCUT2D eigenvalue weighted by molar-refractivity contribution is 6.30. The molecular formula is C18H27ClN4O2. The fraction of sp³-hybridized carbons (Fsp3) is 0.556. The van der Waals surface area contributed by atoms with Crippen molar-refractivity contribution in [3.8, 4) is 0 Å². The molecule has 1 atom stereocenters. The van der Waals surface area contributed by atoms with Crippen LogP contribution in [0.4, 0.5) is 0 Å². The summed E-state index contributed by atoms with van der Waals surface area (Å²) in [5.74, 6) is 1.16. The zero-order valence-corrected chi connectivity index (χ0v) is 15.9. The van der Waals surface area contributed by atoms with Crippen molar-refractivity contribution < 1.29 is 9.53 Å². The van der Waals surface area contributed by atoms with Crippen molar-refractivity contribution >= 4 is 23.5 Å². The summed E-state index contributed by atoms with van der Waals surface area (Å²) in [5, 5.41) is 4.09. The van der Waals surface area contributed by atoms with E-state index in [4.69, 9.17) is 16.3 Å². The summed E-state index contributed by atoms with van der Waals surface area (Å²) < 4.78 is 5.42. The number of rotatable bonds is 6. The largest absolute Gasteiger partial charge is 0.381 e. The number of nitrogens with one attached hydrogen (secondary N) is 1. The second-order valence-electron chi connectivity index (χ2n) is 6.52. The Kier molecular flexibility index (Phi) is 7.52. The monoisotopic (exact) mass is 366 g/mol. The van der Waals surface area contributed by atoms with E-state index in [1.165, 1.54) is 0 Å². The minimum absolute atomic E-state index is 0.0281. The number of guanidine groups is 1. The Morgan fingerprint density at radius 2 is 2.20 bits per heavy atom. The van der Waals surface area contributed by atoms with Gasteiger partial charge >= 0.3 is 0 Å². The molecule has 1 aromatic rings. The second-order valence-corrected chi connectivity index (χ2v) is 6.96. The number of likely N-dealkylation sites (N-methyl/N-ethyl adjacent to an activating group) is 1. The number of carbonyl (C=O) groups excluding carboxylic acids is 1. The van der Waals surface area contributed by atoms with Crippen molar-refractivity contribution in [1.29, 1.82) is 0 Å². The van der Waals surface area contributed by atoms with Crippen LogP contribution in [0.5, 0.6) is 0 Å². The van der Waals surface area contributed by atoms with Gasteiger partial charge in [0.2, 0.25) is 5.91 Å². The van der Waals surface area contributed by atoms with E-state index in [0.29, 0.717) is 23.4 Å². The van der Waals surface area contributed by atoms with Crippen molar-refractivity contribution in [2.45, 2.75) is 13.0 Å². The third kappa shape index (κ3) is 6.55. The zero-order valence-electron chi connectivity index (χ0n) is 15.2. The van der Waals surface area contributed by atoms with E-state index in [2.05, 4.69) is 10.3 Å². The Balaban J connectivity index is 2.02. The van der Waals surface area contributed by atoms with Gasteiger partial charge in [0.05, 0.1) is 6.61 Å². The third-order valence-electron chi connectivity index (χ3n) is 4.11. The van der Waals surface area contributed by atoms with Crippen LogP contribution in [0.3, 0.4) is 0 Å². The predicted octanol–water partition coefficient (Wildman–Crippen LogP) is 1.84. The average Bonchev–Trinajstić information content (AvgIpc) is 3.07. The Bertz CT molecular complexity index is 600. The second kappa shape index (κ2) is 9.63. The van der Waals surface area contributed by atoms with Crippen LogP contribution in [0.15, 0.2) is 29.3 Å². The lowest BCUT2D eigenvalue weighted by atomic mass is 10.1. The molecule has 2 rings (SSSR count). The first-order valence-corrected chi connectivity index (χ1v) is 8.85. The Morgan fingerprint density at radius 1 is 1.40 bits per heavy atom. The summed E-state index contributed by atoms with van der Waals surface area (Å²) >= 11 is 6.06. The number of hydrogen-bond acceptors (Lipinski definition) is 3. The summed E-state index contributed by atoms with van der Waals surface area (Å²) in [6.07, 6.45) is 1.05. The molecule has 1 aliphatic heterocycles. The average molecular weight is 367 g/mol. The van der Waals surface area contributed by atoms with Crippen LogP contribution in [0.25, 0.3) is 0 Å². The molecule has 1 aliphatic rings. The Morgan fingerprint density at radius 3 is 2.84 bits per heavy atom. The van der Waals surface area contributed by atoms with Crippen molar-refractivity contribution in [3.05, 3.63) is 34.9 Å². The molecule has 1 fully saturated rings. The molecule has 7 heteroatoms. The molecular weight excluding hydrogens is 340 g/mol. The normalized spacial score (nSPS) is 17.4. The van der Waals surface area contributed by atoms with Crippen LogP contribution in [0, 0.1) is 5.92 Å². The lowest BCUT2D eigenvalue weighted by Gasteiger charge is -2.24. The Hall–Kier alpha value is -1.79. The van der Waals surface area contributed by atoms with Gasteiger partial charge in [0.15, 0.2) is 5.96 Å². The summed E-state index contributed by atoms with van der Waals surface area (Å²) in [7, 11) is 5.42. The number of amides is 1. The summed E-state index contributed by atoms with van der Waals surface area (Å²) in [6, 6.07) is 7.75. The minimum Gasteiger partial charge on any atom is -0.381 e. The first-order valence-electron chi connectivity index (χ1n) is 8.47. The van der Waals surface area contributed by atoms with Crippen LogP contribution < -0.4 is 5.32 Å². The molecule has 1 heterocycles. The molecule has 25 heavy (non-hydrogen) atoms. The maximum Gasteiger partial charge on any atom is 0.243 e. The van der Waals surface area contributed by atoms with Crippen LogP contribution in [0.2, 0.25) is 5.02 Å². The van der Waals surface area contributed by atoms with Crippen molar-refractivity contribution in [2.75, 3.05) is 47.4 Å². The van der Waals surface area contributed by atoms with Gasteiger partial charge in [0.1, 0.15) is 6.54 Å². The van der Waals surface area contributed by atoms with Gasteiger partial charge in [0.25, 0.3) is 0 Å². The molecule has 1 unspecified atom stereocenters. The number of hydrogen-bond donors (Lipinski definition) is 1. The van der Waals surface area contributed by atoms with E-state index < -0.39 is 0 Å². The SMILES string of the molecule is CN(C)C(=O)CN=C(NCC1CCOC1)N(C)Cc1cccc(Cl)c1. The van der Waals surface area contributed by atoms with E-state index >= 15 is 0 Å². The van der Waals surface area contributed by atoms with Gasteiger partial charge in [-0.25, -0.2) is 4.99 Å². The lowest BCUT2D eigenvalue weighted by molar-refractivity contribution is -0.127. The third-order valence-corrected chi connectivity index (χ3v) is 4.34. The number of halogens is 1. The quantitative estimate of drug-likeness (QED) is 0.616. The van der Waals surface area contributed by atoms with Crippen molar-refractivity contribution in [3.63, 3.8) is 0 Å². The van der Waals surface area contributed by atoms with Gasteiger partial charge < -0.3 is 19.9 Å². The van der Waals surface area contributed by atoms with Gasteiger partial charge in [-0.05, 0) is 24.1 Å². The molecule has 0 aliphatic carbocycles. The van der Waals surface area contributed by atoms with Crippen LogP contribution in [-0.2, 0) is 16.1 Å². The van der Waals surface area contributed by atoms with Gasteiger partial charge in [-0.2, -0.15) is 0 Å². The summed E-state index contributed by atoms with van der Waals surface area (Å²) in [5.41, 5.74) is 1.09. The van der Waals surface area contributed by atoms with Crippen LogP contribution >= 0.6 is 11.6 Å². The lowest BCUT2D eigenvalue weighted by Crippen LogP contribution is -2.41. The highest BCUT2D eigenvalue weighted by Gasteiger charge is 2.17. The van der Waals surface area contributed by atoms with Crippen LogP contribution in [0.1, 0.15) is 12.0 Å². The van der Waals surface area contributed by atoms with E-state index in [1.807, 2.05) is 36.2 Å². The molecule has 0 radical (unpaired) electrons. The maximum absolute atomic E-state index is 11.9. The minimum atomic E-state index is -0.0281. The smallest absolute Gasteiger partial charge is 0.243 e. The molecule has 0 aromatic heterocycles. The molecule has 0 bridgehead atoms. The molecule has 1 aromatic carbocycles. The fourth-order valence-corrected chi connectivity index (χ4v) is 2.77. The van der Waals surface area contributed by atoms with Crippen molar-refractivity contribution in [2.24, 2.45) is 10.9 Å². The van der Waals surface area contributed by atoms with Crippen molar-refractivity contribution in [1.82, 2.24) is 15.1 Å². The molecule has 1 amide bonds. The molecule has 1 N–H and O–H groups in total. The number of benzene rings is 1. The van der Waals surface area contributed by atoms with Gasteiger partial charge in [0, 0.05) is 51.8 Å². The fourth-order valence-electron chi connectivity index (χ4n) is 2.56. The number of nitrogens with zero attached hydrogens (tertiary/aromatic N) is 3. The molecule has 1 saturated heterocycles. The summed E-state index contributed by atoms with van der Waals surface area (Å²) in [4.78, 5) is 19.9. The van der Waals surface area contributed by atoms with Gasteiger partial charge in [-0.15, -0.1) is 0 Å². The van der Waals surface area contributed by atoms with E-state index in [9.17, 15) is 4.79 Å². The first-order chi connectivity index (χ1) is 12.0. The maximum atomic E-state index is 11.9. The molecule has 0 saturated carbocycles. The van der Waals surface area contributed by atoms with Gasteiger partial charge in [-0.1, -0.05) is 23.7 Å². The summed E-state index contributed by atoms with van der Waals surface area (Å²) in [6.45, 7) is 3.15. The zero-order chi connectivity index (χ0) is 18.2. The van der Waals surface area contributed by atoms with E-state index in [0.717, 1.165) is 31.7 Å². The highest BCUT2D eigenvalue weighted by atomic mass is 35.5. The molecule has 138 valence electrons. The Labute approximate surface area is 154 Å². The van der Waals surface area contributed by atoms with E-state index in [-0.39, 0.29) is 12.5 Å². The van der Waals surface area contributed by atoms with Crippen LogP contribution in [-0.4, -0.2) is 69.1 Å². The standard InChI is InChI=1S/C18H27ClN4O2/c1-22(2)17(24)11-21-18(20-10-15-7-8-25-13-15)23(3)12-14-5-4-6-16(19)9-14/h4-6,9,15H,7-8,10-13H2,1-3H3,(H,20,21). The molecule has 0 spiro atoms. The number of carbonyl (C=O) groups is 1. The highest BCUT2D eigenvalue weighted by Crippen LogP contribution is 2.13.